The van der Waals surface area contributed by atoms with Crippen LogP contribution in [0.5, 0.6) is 0 Å². The zero-order chi connectivity index (χ0) is 12.1. The molecule has 0 aromatic heterocycles. The third-order valence-electron chi connectivity index (χ3n) is 2.74. The van der Waals surface area contributed by atoms with Gasteiger partial charge in [0.25, 0.3) is 0 Å². The summed E-state index contributed by atoms with van der Waals surface area (Å²) in [5, 5.41) is 18.4. The van der Waals surface area contributed by atoms with Gasteiger partial charge in [0.15, 0.2) is 0 Å². The van der Waals surface area contributed by atoms with Crippen LogP contribution in [0.2, 0.25) is 0 Å². The van der Waals surface area contributed by atoms with Crippen molar-refractivity contribution in [1.82, 2.24) is 0 Å². The number of aliphatic carboxylic acids is 1. The van der Waals surface area contributed by atoms with E-state index in [-0.39, 0.29) is 0 Å². The van der Waals surface area contributed by atoms with Crippen molar-refractivity contribution in [2.24, 2.45) is 0 Å². The summed E-state index contributed by atoms with van der Waals surface area (Å²) in [6.07, 6.45) is 0.522. The van der Waals surface area contributed by atoms with Gasteiger partial charge in [-0.2, -0.15) is 0 Å². The van der Waals surface area contributed by atoms with Crippen LogP contribution in [-0.2, 0) is 4.79 Å². The van der Waals surface area contributed by atoms with Gasteiger partial charge in [-0.05, 0) is 37.8 Å². The highest BCUT2D eigenvalue weighted by Crippen LogP contribution is 2.25. The van der Waals surface area contributed by atoms with Gasteiger partial charge in [-0.1, -0.05) is 24.3 Å². The monoisotopic (exact) mass is 222 g/mol. The van der Waals surface area contributed by atoms with Crippen molar-refractivity contribution < 1.29 is 15.0 Å². The van der Waals surface area contributed by atoms with Gasteiger partial charge < -0.3 is 10.2 Å². The van der Waals surface area contributed by atoms with E-state index >= 15 is 0 Å². The highest BCUT2D eigenvalue weighted by atomic mass is 16.4. The number of aliphatic hydroxyl groups is 1. The van der Waals surface area contributed by atoms with E-state index in [4.69, 9.17) is 0 Å². The topological polar surface area (TPSA) is 57.5 Å². The zero-order valence-electron chi connectivity index (χ0n) is 9.68. The Labute approximate surface area is 95.7 Å². The van der Waals surface area contributed by atoms with Crippen molar-refractivity contribution >= 4 is 5.97 Å². The van der Waals surface area contributed by atoms with Crippen LogP contribution in [0.4, 0.5) is 0 Å². The normalized spacial score (nSPS) is 14.4. The lowest BCUT2D eigenvalue weighted by atomic mass is 9.90. The molecule has 3 heteroatoms. The van der Waals surface area contributed by atoms with E-state index < -0.39 is 18.0 Å². The lowest BCUT2D eigenvalue weighted by Gasteiger charge is -2.15. The first kappa shape index (κ1) is 12.7. The summed E-state index contributed by atoms with van der Waals surface area (Å²) in [5.41, 5.74) is 1.83. The van der Waals surface area contributed by atoms with Crippen molar-refractivity contribution in [3.8, 4) is 0 Å². The summed E-state index contributed by atoms with van der Waals surface area (Å²) in [6, 6.07) is 7.50. The molecule has 88 valence electrons. The molecule has 2 N–H and O–H groups in total. The lowest BCUT2D eigenvalue weighted by molar-refractivity contribution is -0.139. The first-order valence-electron chi connectivity index (χ1n) is 5.48. The van der Waals surface area contributed by atoms with Crippen molar-refractivity contribution in [2.45, 2.75) is 38.7 Å². The first-order valence-corrected chi connectivity index (χ1v) is 5.48. The van der Waals surface area contributed by atoms with Gasteiger partial charge in [0.1, 0.15) is 0 Å². The Hall–Kier alpha value is -1.35. The fraction of sp³-hybridized carbons (Fsp3) is 0.462. The van der Waals surface area contributed by atoms with Crippen LogP contribution >= 0.6 is 0 Å². The molecule has 16 heavy (non-hydrogen) atoms. The zero-order valence-corrected chi connectivity index (χ0v) is 9.68. The molecule has 0 aliphatic heterocycles. The fourth-order valence-electron chi connectivity index (χ4n) is 1.80. The molecule has 0 saturated carbocycles. The number of carboxylic acids is 1. The van der Waals surface area contributed by atoms with Gasteiger partial charge in [-0.15, -0.1) is 0 Å². The van der Waals surface area contributed by atoms with Crippen molar-refractivity contribution in [3.05, 3.63) is 35.4 Å². The predicted octanol–water partition coefficient (Wildman–Crippen LogP) is 2.32. The molecule has 0 aliphatic carbocycles. The van der Waals surface area contributed by atoms with E-state index in [0.29, 0.717) is 12.8 Å². The summed E-state index contributed by atoms with van der Waals surface area (Å²) < 4.78 is 0. The van der Waals surface area contributed by atoms with E-state index in [1.54, 1.807) is 6.92 Å². The molecule has 0 fully saturated rings. The lowest BCUT2D eigenvalue weighted by Crippen LogP contribution is -2.15. The molecule has 0 spiro atoms. The second kappa shape index (κ2) is 5.66. The highest BCUT2D eigenvalue weighted by molar-refractivity contribution is 5.76. The summed E-state index contributed by atoms with van der Waals surface area (Å²) in [4.78, 5) is 11.2. The molecule has 2 atom stereocenters. The number of hydrogen-bond acceptors (Lipinski definition) is 2. The maximum Gasteiger partial charge on any atom is 0.310 e. The number of hydrogen-bond donors (Lipinski definition) is 2. The average molecular weight is 222 g/mol. The van der Waals surface area contributed by atoms with Gasteiger partial charge in [0.2, 0.25) is 0 Å². The molecule has 0 aliphatic rings. The third kappa shape index (κ3) is 3.35. The summed E-state index contributed by atoms with van der Waals surface area (Å²) in [6.45, 7) is 3.59. The second-order valence-electron chi connectivity index (χ2n) is 4.17. The van der Waals surface area contributed by atoms with Crippen LogP contribution in [0.1, 0.15) is 36.8 Å². The Bertz CT molecular complexity index is 358. The third-order valence-corrected chi connectivity index (χ3v) is 2.74. The smallest absolute Gasteiger partial charge is 0.310 e. The number of aliphatic hydroxyl groups excluding tert-OH is 1. The van der Waals surface area contributed by atoms with Gasteiger partial charge in [-0.25, -0.2) is 0 Å². The number of carbonyl (C=O) groups is 1. The van der Waals surface area contributed by atoms with Gasteiger partial charge in [0, 0.05) is 0 Å². The van der Waals surface area contributed by atoms with Crippen LogP contribution in [0.15, 0.2) is 24.3 Å². The van der Waals surface area contributed by atoms with Crippen LogP contribution < -0.4 is 0 Å². The minimum atomic E-state index is -0.824. The Morgan fingerprint density at radius 1 is 1.31 bits per heavy atom. The van der Waals surface area contributed by atoms with E-state index in [9.17, 15) is 15.0 Å². The second-order valence-corrected chi connectivity index (χ2v) is 4.17. The van der Waals surface area contributed by atoms with Crippen molar-refractivity contribution in [3.63, 3.8) is 0 Å². The van der Waals surface area contributed by atoms with E-state index in [0.717, 1.165) is 11.1 Å². The molecule has 0 heterocycles. The van der Waals surface area contributed by atoms with Crippen LogP contribution in [0.25, 0.3) is 0 Å². The Morgan fingerprint density at radius 3 is 2.44 bits per heavy atom. The quantitative estimate of drug-likeness (QED) is 0.803. The largest absolute Gasteiger partial charge is 0.481 e. The molecule has 2 unspecified atom stereocenters. The predicted molar refractivity (Wildman–Crippen MR) is 62.5 cm³/mol. The fourth-order valence-corrected chi connectivity index (χ4v) is 1.80. The molecule has 0 radical (unpaired) electrons. The SMILES string of the molecule is Cc1ccccc1C(CCC(C)O)C(=O)O. The molecule has 1 aromatic carbocycles. The maximum atomic E-state index is 11.2. The van der Waals surface area contributed by atoms with Crippen LogP contribution in [0, 0.1) is 6.92 Å². The molecule has 1 aromatic rings. The van der Waals surface area contributed by atoms with Crippen LogP contribution in [-0.4, -0.2) is 22.3 Å². The van der Waals surface area contributed by atoms with Crippen LogP contribution in [0.3, 0.4) is 0 Å². The minimum Gasteiger partial charge on any atom is -0.481 e. The summed E-state index contributed by atoms with van der Waals surface area (Å²) in [7, 11) is 0. The number of aryl methyl sites for hydroxylation is 1. The maximum absolute atomic E-state index is 11.2. The number of benzene rings is 1. The standard InChI is InChI=1S/C13H18O3/c1-9-5-3-4-6-11(9)12(13(15)16)8-7-10(2)14/h3-6,10,12,14H,7-8H2,1-2H3,(H,15,16). The Morgan fingerprint density at radius 2 is 1.94 bits per heavy atom. The van der Waals surface area contributed by atoms with E-state index in [2.05, 4.69) is 0 Å². The molecule has 0 amide bonds. The molecular formula is C13H18O3. The molecule has 0 saturated heterocycles. The number of carboxylic acid groups (broad SMARTS) is 1. The summed E-state index contributed by atoms with van der Waals surface area (Å²) in [5.74, 6) is -1.34. The Balaban J connectivity index is 2.86. The Kier molecular flexibility index (Phi) is 4.50. The van der Waals surface area contributed by atoms with E-state index in [1.807, 2.05) is 31.2 Å². The van der Waals surface area contributed by atoms with E-state index in [1.165, 1.54) is 0 Å². The van der Waals surface area contributed by atoms with Crippen molar-refractivity contribution in [1.29, 1.82) is 0 Å². The highest BCUT2D eigenvalue weighted by Gasteiger charge is 2.21. The van der Waals surface area contributed by atoms with Crippen molar-refractivity contribution in [2.75, 3.05) is 0 Å². The van der Waals surface area contributed by atoms with Gasteiger partial charge >= 0.3 is 5.97 Å². The average Bonchev–Trinajstić information content (AvgIpc) is 2.20. The van der Waals surface area contributed by atoms with Gasteiger partial charge in [0.05, 0.1) is 12.0 Å². The molecule has 1 rings (SSSR count). The molecular weight excluding hydrogens is 204 g/mol. The molecule has 3 nitrogen and oxygen atoms in total. The number of rotatable bonds is 5. The minimum absolute atomic E-state index is 0.453. The first-order chi connectivity index (χ1) is 7.52. The van der Waals surface area contributed by atoms with Gasteiger partial charge in [-0.3, -0.25) is 4.79 Å². The molecule has 0 bridgehead atoms. The summed E-state index contributed by atoms with van der Waals surface area (Å²) >= 11 is 0.